The summed E-state index contributed by atoms with van der Waals surface area (Å²) in [6, 6.07) is 6.16. The van der Waals surface area contributed by atoms with Crippen LogP contribution in [0.25, 0.3) is 5.95 Å². The number of hydrogen-bond donors (Lipinski definition) is 1. The van der Waals surface area contributed by atoms with E-state index in [-0.39, 0.29) is 0 Å². The molecule has 0 radical (unpaired) electrons. The van der Waals surface area contributed by atoms with Crippen molar-refractivity contribution < 1.29 is 9.47 Å². The van der Waals surface area contributed by atoms with Crippen LogP contribution in [-0.4, -0.2) is 58.8 Å². The first-order chi connectivity index (χ1) is 13.3. The zero-order chi connectivity index (χ0) is 18.5. The van der Waals surface area contributed by atoms with Crippen LogP contribution in [0.2, 0.25) is 0 Å². The maximum absolute atomic E-state index is 5.63. The van der Waals surface area contributed by atoms with Gasteiger partial charge in [0.25, 0.3) is 0 Å². The normalized spacial score (nSPS) is 12.9. The molecule has 142 valence electrons. The summed E-state index contributed by atoms with van der Waals surface area (Å²) in [5.74, 6) is 2.35. The van der Waals surface area contributed by atoms with Gasteiger partial charge in [0.2, 0.25) is 11.1 Å². The summed E-state index contributed by atoms with van der Waals surface area (Å²) in [6.07, 6.45) is 6.20. The number of fused-ring (bicyclic) bond motifs is 1. The molecule has 8 nitrogen and oxygen atoms in total. The standard InChI is InChI=1S/C18H22N6O2S/c1-23(18-21-17(22-27-18)24-9-7-20-13-24)8-6-19-5-4-14-2-3-15-16(12-14)26-11-10-25-15/h2-3,7,9,12-13,19H,4-6,8,10-11H2,1H3. The van der Waals surface area contributed by atoms with Gasteiger partial charge in [0, 0.05) is 44.1 Å². The summed E-state index contributed by atoms with van der Waals surface area (Å²) < 4.78 is 17.4. The number of nitrogens with one attached hydrogen (secondary N) is 1. The monoisotopic (exact) mass is 386 g/mol. The number of likely N-dealkylation sites (N-methyl/N-ethyl adjacent to an activating group) is 1. The van der Waals surface area contributed by atoms with Crippen molar-refractivity contribution in [3.63, 3.8) is 0 Å². The Labute approximate surface area is 161 Å². The van der Waals surface area contributed by atoms with E-state index >= 15 is 0 Å². The van der Waals surface area contributed by atoms with Crippen molar-refractivity contribution in [3.05, 3.63) is 42.5 Å². The van der Waals surface area contributed by atoms with Crippen LogP contribution in [0, 0.1) is 0 Å². The van der Waals surface area contributed by atoms with Gasteiger partial charge >= 0.3 is 0 Å². The van der Waals surface area contributed by atoms with Gasteiger partial charge in [0.15, 0.2) is 11.5 Å². The first kappa shape index (κ1) is 17.7. The van der Waals surface area contributed by atoms with E-state index < -0.39 is 0 Å². The Balaban J connectivity index is 1.20. The van der Waals surface area contributed by atoms with Crippen molar-refractivity contribution in [2.45, 2.75) is 6.42 Å². The fourth-order valence-corrected chi connectivity index (χ4v) is 3.44. The molecule has 0 aliphatic carbocycles. The highest BCUT2D eigenvalue weighted by atomic mass is 32.1. The van der Waals surface area contributed by atoms with Gasteiger partial charge in [-0.1, -0.05) is 6.07 Å². The molecule has 0 saturated carbocycles. The molecule has 1 aliphatic rings. The van der Waals surface area contributed by atoms with Crippen LogP contribution in [0.3, 0.4) is 0 Å². The van der Waals surface area contributed by atoms with Crippen LogP contribution in [0.5, 0.6) is 11.5 Å². The number of rotatable bonds is 8. The zero-order valence-electron chi connectivity index (χ0n) is 15.2. The van der Waals surface area contributed by atoms with Crippen molar-refractivity contribution in [2.75, 3.05) is 44.8 Å². The predicted octanol–water partition coefficient (Wildman–Crippen LogP) is 1.76. The second-order valence-electron chi connectivity index (χ2n) is 6.25. The summed E-state index contributed by atoms with van der Waals surface area (Å²) in [7, 11) is 2.03. The lowest BCUT2D eigenvalue weighted by molar-refractivity contribution is 0.171. The van der Waals surface area contributed by atoms with Crippen molar-refractivity contribution in [1.29, 1.82) is 0 Å². The summed E-state index contributed by atoms with van der Waals surface area (Å²) >= 11 is 1.39. The van der Waals surface area contributed by atoms with E-state index in [1.54, 1.807) is 17.1 Å². The molecule has 0 spiro atoms. The van der Waals surface area contributed by atoms with Gasteiger partial charge in [-0.25, -0.2) is 4.98 Å². The minimum Gasteiger partial charge on any atom is -0.486 e. The molecule has 27 heavy (non-hydrogen) atoms. The van der Waals surface area contributed by atoms with Gasteiger partial charge in [0.1, 0.15) is 19.5 Å². The molecule has 0 amide bonds. The molecule has 0 atom stereocenters. The number of aromatic nitrogens is 4. The molecule has 3 aromatic rings. The van der Waals surface area contributed by atoms with Crippen molar-refractivity contribution in [2.24, 2.45) is 0 Å². The average Bonchev–Trinajstić information content (AvgIpc) is 3.39. The molecule has 4 rings (SSSR count). The van der Waals surface area contributed by atoms with E-state index in [2.05, 4.69) is 36.7 Å². The van der Waals surface area contributed by atoms with E-state index in [9.17, 15) is 0 Å². The summed E-state index contributed by atoms with van der Waals surface area (Å²) in [6.45, 7) is 3.89. The fourth-order valence-electron chi connectivity index (χ4n) is 2.79. The number of anilines is 1. The summed E-state index contributed by atoms with van der Waals surface area (Å²) in [5, 5.41) is 4.37. The molecule has 2 aromatic heterocycles. The van der Waals surface area contributed by atoms with Gasteiger partial charge in [-0.3, -0.25) is 4.57 Å². The summed E-state index contributed by atoms with van der Waals surface area (Å²) in [4.78, 5) is 10.7. The van der Waals surface area contributed by atoms with Crippen molar-refractivity contribution >= 4 is 16.7 Å². The molecule has 1 aliphatic heterocycles. The Hall–Kier alpha value is -2.65. The van der Waals surface area contributed by atoms with Gasteiger partial charge in [-0.15, -0.1) is 0 Å². The van der Waals surface area contributed by atoms with Crippen LogP contribution in [0.4, 0.5) is 5.13 Å². The third-order valence-electron chi connectivity index (χ3n) is 4.29. The van der Waals surface area contributed by atoms with Crippen LogP contribution in [0.1, 0.15) is 5.56 Å². The average molecular weight is 386 g/mol. The molecule has 0 unspecified atom stereocenters. The van der Waals surface area contributed by atoms with Crippen molar-refractivity contribution in [1.82, 2.24) is 24.2 Å². The maximum atomic E-state index is 5.63. The van der Waals surface area contributed by atoms with E-state index in [0.29, 0.717) is 19.2 Å². The molecule has 9 heteroatoms. The summed E-state index contributed by atoms with van der Waals surface area (Å²) in [5.41, 5.74) is 1.24. The lowest BCUT2D eigenvalue weighted by Crippen LogP contribution is -2.30. The van der Waals surface area contributed by atoms with Gasteiger partial charge in [-0.05, 0) is 30.7 Å². The Morgan fingerprint density at radius 3 is 2.96 bits per heavy atom. The molecule has 0 saturated heterocycles. The Morgan fingerprint density at radius 1 is 1.22 bits per heavy atom. The Kier molecular flexibility index (Phi) is 5.50. The number of benzene rings is 1. The Morgan fingerprint density at radius 2 is 2.11 bits per heavy atom. The van der Waals surface area contributed by atoms with E-state index in [1.165, 1.54) is 17.1 Å². The third kappa shape index (κ3) is 4.37. The van der Waals surface area contributed by atoms with Gasteiger partial charge < -0.3 is 19.7 Å². The molecule has 1 aromatic carbocycles. The second kappa shape index (κ2) is 8.36. The number of nitrogens with zero attached hydrogens (tertiary/aromatic N) is 5. The molecule has 0 bridgehead atoms. The van der Waals surface area contributed by atoms with Crippen LogP contribution in [-0.2, 0) is 6.42 Å². The quantitative estimate of drug-likeness (QED) is 0.591. The van der Waals surface area contributed by atoms with Crippen LogP contribution < -0.4 is 19.7 Å². The number of ether oxygens (including phenoxy) is 2. The van der Waals surface area contributed by atoms with E-state index in [0.717, 1.165) is 42.7 Å². The van der Waals surface area contributed by atoms with Gasteiger partial charge in [-0.2, -0.15) is 9.36 Å². The number of imidazole rings is 1. The minimum atomic E-state index is 0.620. The fraction of sp³-hybridized carbons (Fsp3) is 0.389. The minimum absolute atomic E-state index is 0.620. The predicted molar refractivity (Wildman–Crippen MR) is 104 cm³/mol. The highest BCUT2D eigenvalue weighted by Gasteiger charge is 2.12. The van der Waals surface area contributed by atoms with Crippen molar-refractivity contribution in [3.8, 4) is 17.4 Å². The molecule has 1 N–H and O–H groups in total. The smallest absolute Gasteiger partial charge is 0.248 e. The first-order valence-electron chi connectivity index (χ1n) is 8.92. The molecular weight excluding hydrogens is 364 g/mol. The molecular formula is C18H22N6O2S. The molecule has 3 heterocycles. The molecule has 0 fully saturated rings. The highest BCUT2D eigenvalue weighted by molar-refractivity contribution is 7.09. The zero-order valence-corrected chi connectivity index (χ0v) is 16.0. The topological polar surface area (TPSA) is 77.3 Å². The van der Waals surface area contributed by atoms with E-state index in [1.807, 2.05) is 19.3 Å². The van der Waals surface area contributed by atoms with Gasteiger partial charge in [0.05, 0.1) is 0 Å². The lowest BCUT2D eigenvalue weighted by Gasteiger charge is -2.19. The van der Waals surface area contributed by atoms with E-state index in [4.69, 9.17) is 9.47 Å². The first-order valence-corrected chi connectivity index (χ1v) is 9.69. The third-order valence-corrected chi connectivity index (χ3v) is 5.11. The largest absolute Gasteiger partial charge is 0.486 e. The number of hydrogen-bond acceptors (Lipinski definition) is 8. The SMILES string of the molecule is CN(CCNCCc1ccc2c(c1)OCCO2)c1nc(-n2ccnc2)ns1. The lowest BCUT2D eigenvalue weighted by atomic mass is 10.1. The maximum Gasteiger partial charge on any atom is 0.248 e. The highest BCUT2D eigenvalue weighted by Crippen LogP contribution is 2.30. The second-order valence-corrected chi connectivity index (χ2v) is 6.98. The Bertz CT molecular complexity index is 867. The van der Waals surface area contributed by atoms with Crippen LogP contribution in [0.15, 0.2) is 36.9 Å². The van der Waals surface area contributed by atoms with Crippen LogP contribution >= 0.6 is 11.5 Å².